The van der Waals surface area contributed by atoms with Crippen LogP contribution in [0.3, 0.4) is 0 Å². The van der Waals surface area contributed by atoms with Crippen LogP contribution in [0.4, 0.5) is 0 Å². The lowest BCUT2D eigenvalue weighted by atomic mass is 10.2. The highest BCUT2D eigenvalue weighted by molar-refractivity contribution is 7.89. The maximum Gasteiger partial charge on any atom is 0.242 e. The Morgan fingerprint density at radius 3 is 2.71 bits per heavy atom. The monoisotopic (exact) mass is 344 g/mol. The molecule has 0 aliphatic carbocycles. The van der Waals surface area contributed by atoms with E-state index in [1.807, 2.05) is 18.2 Å². The minimum absolute atomic E-state index is 0.0844. The van der Waals surface area contributed by atoms with Gasteiger partial charge in [0.2, 0.25) is 10.0 Å². The van der Waals surface area contributed by atoms with E-state index in [4.69, 9.17) is 14.7 Å². The van der Waals surface area contributed by atoms with Crippen LogP contribution in [-0.4, -0.2) is 39.0 Å². The average Bonchev–Trinajstić information content (AvgIpc) is 2.61. The van der Waals surface area contributed by atoms with Gasteiger partial charge in [0.1, 0.15) is 12.7 Å². The number of para-hydroxylation sites is 2. The molecule has 1 aliphatic heterocycles. The van der Waals surface area contributed by atoms with E-state index in [1.165, 1.54) is 23.5 Å². The zero-order valence-electron chi connectivity index (χ0n) is 13.0. The molecule has 124 valence electrons. The van der Waals surface area contributed by atoms with E-state index < -0.39 is 16.1 Å². The van der Waals surface area contributed by atoms with Gasteiger partial charge >= 0.3 is 0 Å². The highest BCUT2D eigenvalue weighted by Gasteiger charge is 2.28. The molecular weight excluding hydrogens is 328 g/mol. The highest BCUT2D eigenvalue weighted by atomic mass is 32.2. The first-order valence-corrected chi connectivity index (χ1v) is 8.79. The Labute approximate surface area is 140 Å². The lowest BCUT2D eigenvalue weighted by molar-refractivity contribution is 0.0798. The summed E-state index contributed by atoms with van der Waals surface area (Å²) in [5.74, 6) is 1.26. The molecular formula is C17H16N2O4S. The lowest BCUT2D eigenvalue weighted by Crippen LogP contribution is -2.41. The van der Waals surface area contributed by atoms with Crippen molar-refractivity contribution in [2.45, 2.75) is 11.0 Å². The summed E-state index contributed by atoms with van der Waals surface area (Å²) in [5.41, 5.74) is 0.302. The van der Waals surface area contributed by atoms with Crippen molar-refractivity contribution >= 4 is 10.0 Å². The number of hydrogen-bond donors (Lipinski definition) is 0. The van der Waals surface area contributed by atoms with Crippen LogP contribution in [0.2, 0.25) is 0 Å². The van der Waals surface area contributed by atoms with Crippen molar-refractivity contribution in [2.24, 2.45) is 0 Å². The highest BCUT2D eigenvalue weighted by Crippen LogP contribution is 2.31. The van der Waals surface area contributed by atoms with Crippen molar-refractivity contribution in [1.29, 1.82) is 5.26 Å². The summed E-state index contributed by atoms with van der Waals surface area (Å²) in [6.45, 7) is 0.419. The van der Waals surface area contributed by atoms with Gasteiger partial charge in [0.05, 0.1) is 23.1 Å². The smallest absolute Gasteiger partial charge is 0.242 e. The van der Waals surface area contributed by atoms with Crippen LogP contribution in [0, 0.1) is 11.3 Å². The first-order valence-electron chi connectivity index (χ1n) is 7.35. The molecule has 0 aromatic heterocycles. The third-order valence-electron chi connectivity index (χ3n) is 3.70. The predicted molar refractivity (Wildman–Crippen MR) is 87.3 cm³/mol. The zero-order chi connectivity index (χ0) is 17.2. The third kappa shape index (κ3) is 3.20. The van der Waals surface area contributed by atoms with Crippen LogP contribution in [0.15, 0.2) is 53.4 Å². The first kappa shape index (κ1) is 16.3. The average molecular weight is 344 g/mol. The number of likely N-dealkylation sites (N-methyl/N-ethyl adjacent to an activating group) is 1. The van der Waals surface area contributed by atoms with E-state index in [0.29, 0.717) is 17.1 Å². The first-order chi connectivity index (χ1) is 11.5. The standard InChI is InChI=1S/C17H16N2O4S/c1-19(24(20,21)15-6-4-5-13(9-15)10-18)11-14-12-22-16-7-2-3-8-17(16)23-14/h2-9,14H,11-12H2,1H3/t14-/m0/s1. The second-order valence-electron chi connectivity index (χ2n) is 5.42. The molecule has 2 aromatic carbocycles. The molecule has 0 saturated carbocycles. The largest absolute Gasteiger partial charge is 0.486 e. The molecule has 0 unspecified atom stereocenters. The topological polar surface area (TPSA) is 79.6 Å². The Kier molecular flexibility index (Phi) is 4.42. The summed E-state index contributed by atoms with van der Waals surface area (Å²) in [4.78, 5) is 0.0844. The Hall–Kier alpha value is -2.56. The van der Waals surface area contributed by atoms with Crippen molar-refractivity contribution in [3.05, 3.63) is 54.1 Å². The van der Waals surface area contributed by atoms with Crippen LogP contribution in [0.1, 0.15) is 5.56 Å². The molecule has 1 heterocycles. The fraction of sp³-hybridized carbons (Fsp3) is 0.235. The van der Waals surface area contributed by atoms with Gasteiger partial charge in [-0.1, -0.05) is 18.2 Å². The van der Waals surface area contributed by atoms with Crippen molar-refractivity contribution in [3.8, 4) is 17.6 Å². The van der Waals surface area contributed by atoms with E-state index in [1.54, 1.807) is 24.3 Å². The maximum atomic E-state index is 12.6. The molecule has 0 bridgehead atoms. The molecule has 3 rings (SSSR count). The van der Waals surface area contributed by atoms with Gasteiger partial charge in [0.15, 0.2) is 11.5 Å². The van der Waals surface area contributed by atoms with E-state index in [2.05, 4.69) is 0 Å². The normalized spacial score (nSPS) is 16.6. The summed E-state index contributed by atoms with van der Waals surface area (Å²) < 4.78 is 37.9. The molecule has 0 spiro atoms. The quantitative estimate of drug-likeness (QED) is 0.848. The maximum absolute atomic E-state index is 12.6. The molecule has 0 radical (unpaired) electrons. The number of sulfonamides is 1. The van der Waals surface area contributed by atoms with Crippen molar-refractivity contribution < 1.29 is 17.9 Å². The Bertz CT molecular complexity index is 889. The number of ether oxygens (including phenoxy) is 2. The SMILES string of the molecule is CN(C[C@H]1COc2ccccc2O1)S(=O)(=O)c1cccc(C#N)c1. The third-order valence-corrected chi connectivity index (χ3v) is 5.52. The minimum Gasteiger partial charge on any atom is -0.486 e. The van der Waals surface area contributed by atoms with E-state index >= 15 is 0 Å². The van der Waals surface area contributed by atoms with E-state index in [-0.39, 0.29) is 18.0 Å². The fourth-order valence-corrected chi connectivity index (χ4v) is 3.69. The lowest BCUT2D eigenvalue weighted by Gasteiger charge is -2.29. The number of nitriles is 1. The van der Waals surface area contributed by atoms with Crippen LogP contribution >= 0.6 is 0 Å². The van der Waals surface area contributed by atoms with Gasteiger partial charge in [0.25, 0.3) is 0 Å². The predicted octanol–water partition coefficient (Wildman–Crippen LogP) is 2.02. The molecule has 0 N–H and O–H groups in total. The molecule has 0 amide bonds. The van der Waals surface area contributed by atoms with Gasteiger partial charge in [-0.05, 0) is 30.3 Å². The number of rotatable bonds is 4. The van der Waals surface area contributed by atoms with Gasteiger partial charge in [0, 0.05) is 7.05 Å². The van der Waals surface area contributed by atoms with Gasteiger partial charge in [-0.15, -0.1) is 0 Å². The number of nitrogens with zero attached hydrogens (tertiary/aromatic N) is 2. The zero-order valence-corrected chi connectivity index (χ0v) is 13.9. The van der Waals surface area contributed by atoms with Crippen LogP contribution in [-0.2, 0) is 10.0 Å². The minimum atomic E-state index is -3.70. The van der Waals surface area contributed by atoms with Crippen molar-refractivity contribution in [2.75, 3.05) is 20.2 Å². The second-order valence-corrected chi connectivity index (χ2v) is 7.47. The second kappa shape index (κ2) is 6.51. The fourth-order valence-electron chi connectivity index (χ4n) is 2.44. The molecule has 2 aromatic rings. The molecule has 1 atom stereocenters. The molecule has 24 heavy (non-hydrogen) atoms. The molecule has 6 nitrogen and oxygen atoms in total. The number of benzene rings is 2. The van der Waals surface area contributed by atoms with E-state index in [9.17, 15) is 8.42 Å². The molecule has 0 fully saturated rings. The number of fused-ring (bicyclic) bond motifs is 1. The van der Waals surface area contributed by atoms with E-state index in [0.717, 1.165) is 0 Å². The molecule has 0 saturated heterocycles. The van der Waals surface area contributed by atoms with Gasteiger partial charge in [-0.25, -0.2) is 8.42 Å². The van der Waals surface area contributed by atoms with Gasteiger partial charge < -0.3 is 9.47 Å². The number of hydrogen-bond acceptors (Lipinski definition) is 5. The summed E-state index contributed by atoms with van der Waals surface area (Å²) in [5, 5.41) is 8.93. The summed E-state index contributed by atoms with van der Waals surface area (Å²) in [6.07, 6.45) is -0.404. The Morgan fingerprint density at radius 1 is 1.21 bits per heavy atom. The Morgan fingerprint density at radius 2 is 1.96 bits per heavy atom. The summed E-state index contributed by atoms with van der Waals surface area (Å²) in [7, 11) is -2.22. The molecule has 1 aliphatic rings. The van der Waals surface area contributed by atoms with Crippen LogP contribution in [0.25, 0.3) is 0 Å². The van der Waals surface area contributed by atoms with Gasteiger partial charge in [-0.2, -0.15) is 9.57 Å². The van der Waals surface area contributed by atoms with Crippen molar-refractivity contribution in [3.63, 3.8) is 0 Å². The summed E-state index contributed by atoms with van der Waals surface area (Å²) in [6, 6.07) is 15.2. The Balaban J connectivity index is 1.75. The van der Waals surface area contributed by atoms with Gasteiger partial charge in [-0.3, -0.25) is 0 Å². The van der Waals surface area contributed by atoms with Crippen LogP contribution in [0.5, 0.6) is 11.5 Å². The van der Waals surface area contributed by atoms with Crippen LogP contribution < -0.4 is 9.47 Å². The molecule has 7 heteroatoms. The van der Waals surface area contributed by atoms with Crippen molar-refractivity contribution in [1.82, 2.24) is 4.31 Å². The summed E-state index contributed by atoms with van der Waals surface area (Å²) >= 11 is 0.